The highest BCUT2D eigenvalue weighted by atomic mass is 16.2. The van der Waals surface area contributed by atoms with Gasteiger partial charge in [0.2, 0.25) is 12.3 Å². The molecule has 17 heavy (non-hydrogen) atoms. The molecule has 1 aliphatic rings. The molecule has 1 rings (SSSR count). The first-order valence-electron chi connectivity index (χ1n) is 6.31. The molecule has 0 spiro atoms. The van der Waals surface area contributed by atoms with Crippen LogP contribution in [-0.4, -0.2) is 43.4 Å². The Morgan fingerprint density at radius 1 is 1.53 bits per heavy atom. The first-order chi connectivity index (χ1) is 8.13. The first-order valence-corrected chi connectivity index (χ1v) is 6.31. The van der Waals surface area contributed by atoms with E-state index in [1.54, 1.807) is 0 Å². The number of hydrogen-bond donors (Lipinski definition) is 2. The molecule has 1 atom stereocenters. The smallest absolute Gasteiger partial charge is 0.239 e. The SMILES string of the molecule is CN1CCC(CCCC(NC=O)C(N)=O)CC1. The van der Waals surface area contributed by atoms with E-state index in [1.165, 1.54) is 12.8 Å². The minimum atomic E-state index is -0.501. The number of carbonyl (C=O) groups is 2. The molecular weight excluding hydrogens is 218 g/mol. The van der Waals surface area contributed by atoms with Gasteiger partial charge in [0.15, 0.2) is 0 Å². The predicted molar refractivity (Wildman–Crippen MR) is 66.3 cm³/mol. The minimum Gasteiger partial charge on any atom is -0.368 e. The Bertz CT molecular complexity index is 250. The number of likely N-dealkylation sites (tertiary alicyclic amines) is 1. The predicted octanol–water partition coefficient (Wildman–Crippen LogP) is 0.0984. The number of primary amides is 1. The fraction of sp³-hybridized carbons (Fsp3) is 0.833. The second-order valence-corrected chi connectivity index (χ2v) is 4.92. The number of rotatable bonds is 7. The van der Waals surface area contributed by atoms with Gasteiger partial charge in [-0.3, -0.25) is 9.59 Å². The zero-order valence-electron chi connectivity index (χ0n) is 10.5. The van der Waals surface area contributed by atoms with E-state index in [4.69, 9.17) is 5.73 Å². The van der Waals surface area contributed by atoms with E-state index < -0.39 is 11.9 Å². The normalized spacial score (nSPS) is 19.8. The monoisotopic (exact) mass is 241 g/mol. The molecule has 0 aromatic carbocycles. The van der Waals surface area contributed by atoms with Crippen molar-refractivity contribution in [1.29, 1.82) is 0 Å². The van der Waals surface area contributed by atoms with Gasteiger partial charge in [-0.2, -0.15) is 0 Å². The Hall–Kier alpha value is -1.10. The van der Waals surface area contributed by atoms with Gasteiger partial charge < -0.3 is 16.0 Å². The van der Waals surface area contributed by atoms with Crippen LogP contribution < -0.4 is 11.1 Å². The number of piperidine rings is 1. The summed E-state index contributed by atoms with van der Waals surface area (Å²) >= 11 is 0. The molecular formula is C12H23N3O2. The van der Waals surface area contributed by atoms with Crippen molar-refractivity contribution >= 4 is 12.3 Å². The van der Waals surface area contributed by atoms with Crippen LogP contribution >= 0.6 is 0 Å². The lowest BCUT2D eigenvalue weighted by atomic mass is 9.91. The highest BCUT2D eigenvalue weighted by molar-refractivity contribution is 5.81. The summed E-state index contributed by atoms with van der Waals surface area (Å²) in [5, 5.41) is 2.46. The Balaban J connectivity index is 2.17. The number of nitrogens with two attached hydrogens (primary N) is 1. The summed E-state index contributed by atoms with van der Waals surface area (Å²) in [4.78, 5) is 23.6. The topological polar surface area (TPSA) is 75.4 Å². The third-order valence-corrected chi connectivity index (χ3v) is 3.56. The van der Waals surface area contributed by atoms with Gasteiger partial charge in [-0.1, -0.05) is 12.8 Å². The van der Waals surface area contributed by atoms with Crippen LogP contribution in [0.25, 0.3) is 0 Å². The number of hydrogen-bond acceptors (Lipinski definition) is 3. The van der Waals surface area contributed by atoms with Gasteiger partial charge in [0, 0.05) is 0 Å². The maximum atomic E-state index is 11.0. The highest BCUT2D eigenvalue weighted by Crippen LogP contribution is 2.21. The van der Waals surface area contributed by atoms with Gasteiger partial charge in [-0.15, -0.1) is 0 Å². The average molecular weight is 241 g/mol. The van der Waals surface area contributed by atoms with Crippen molar-refractivity contribution in [3.63, 3.8) is 0 Å². The van der Waals surface area contributed by atoms with Gasteiger partial charge in [0.25, 0.3) is 0 Å². The Morgan fingerprint density at radius 3 is 2.71 bits per heavy atom. The highest BCUT2D eigenvalue weighted by Gasteiger charge is 2.18. The molecule has 5 heteroatoms. The van der Waals surface area contributed by atoms with E-state index in [9.17, 15) is 9.59 Å². The van der Waals surface area contributed by atoms with Crippen molar-refractivity contribution in [1.82, 2.24) is 10.2 Å². The van der Waals surface area contributed by atoms with Crippen molar-refractivity contribution in [2.24, 2.45) is 11.7 Å². The third kappa shape index (κ3) is 5.17. The molecule has 3 N–H and O–H groups in total. The number of nitrogens with one attached hydrogen (secondary N) is 1. The van der Waals surface area contributed by atoms with Crippen LogP contribution in [0.1, 0.15) is 32.1 Å². The lowest BCUT2D eigenvalue weighted by Gasteiger charge is -2.29. The molecule has 1 fully saturated rings. The molecule has 5 nitrogen and oxygen atoms in total. The lowest BCUT2D eigenvalue weighted by Crippen LogP contribution is -2.40. The van der Waals surface area contributed by atoms with E-state index in [2.05, 4.69) is 17.3 Å². The van der Waals surface area contributed by atoms with Gasteiger partial charge in [-0.05, 0) is 45.3 Å². The first kappa shape index (κ1) is 14.0. The summed E-state index contributed by atoms with van der Waals surface area (Å²) in [5.74, 6) is 0.316. The summed E-state index contributed by atoms with van der Waals surface area (Å²) in [6, 6.07) is -0.501. The maximum absolute atomic E-state index is 11.0. The fourth-order valence-corrected chi connectivity index (χ4v) is 2.35. The van der Waals surface area contributed by atoms with Crippen LogP contribution in [0.4, 0.5) is 0 Å². The third-order valence-electron chi connectivity index (χ3n) is 3.56. The molecule has 1 unspecified atom stereocenters. The lowest BCUT2D eigenvalue weighted by molar-refractivity contribution is -0.122. The van der Waals surface area contributed by atoms with E-state index in [0.717, 1.165) is 31.8 Å². The molecule has 0 radical (unpaired) electrons. The zero-order valence-corrected chi connectivity index (χ0v) is 10.5. The quantitative estimate of drug-likeness (QED) is 0.621. The molecule has 1 heterocycles. The largest absolute Gasteiger partial charge is 0.368 e. The standard InChI is InChI=1S/C12H23N3O2/c1-15-7-5-10(6-8-15)3-2-4-11(12(13)17)14-9-16/h9-11H,2-8H2,1H3,(H2,13,17)(H,14,16). The summed E-state index contributed by atoms with van der Waals surface area (Å²) in [6.07, 6.45) is 5.74. The second kappa shape index (κ2) is 7.27. The maximum Gasteiger partial charge on any atom is 0.239 e. The van der Waals surface area contributed by atoms with E-state index in [0.29, 0.717) is 12.8 Å². The van der Waals surface area contributed by atoms with Gasteiger partial charge in [0.05, 0.1) is 0 Å². The van der Waals surface area contributed by atoms with Gasteiger partial charge in [-0.25, -0.2) is 0 Å². The van der Waals surface area contributed by atoms with Crippen LogP contribution in [0.2, 0.25) is 0 Å². The Morgan fingerprint density at radius 2 is 2.18 bits per heavy atom. The summed E-state index contributed by atoms with van der Waals surface area (Å²) in [5.41, 5.74) is 5.19. The molecule has 1 aliphatic heterocycles. The van der Waals surface area contributed by atoms with Gasteiger partial charge >= 0.3 is 0 Å². The Kier molecular flexibility index (Phi) is 5.97. The van der Waals surface area contributed by atoms with Crippen LogP contribution in [0.15, 0.2) is 0 Å². The number of amides is 2. The van der Waals surface area contributed by atoms with Crippen molar-refractivity contribution in [3.05, 3.63) is 0 Å². The average Bonchev–Trinajstić information content (AvgIpc) is 2.30. The fourth-order valence-electron chi connectivity index (χ4n) is 2.35. The molecule has 2 amide bonds. The van der Waals surface area contributed by atoms with Gasteiger partial charge in [0.1, 0.15) is 6.04 Å². The van der Waals surface area contributed by atoms with Crippen LogP contribution in [0, 0.1) is 5.92 Å². The van der Waals surface area contributed by atoms with Crippen molar-refractivity contribution in [2.45, 2.75) is 38.1 Å². The molecule has 0 aromatic heterocycles. The molecule has 0 aromatic rings. The summed E-state index contributed by atoms with van der Waals surface area (Å²) < 4.78 is 0. The van der Waals surface area contributed by atoms with E-state index >= 15 is 0 Å². The number of nitrogens with zero attached hydrogens (tertiary/aromatic N) is 1. The summed E-state index contributed by atoms with van der Waals surface area (Å²) in [6.45, 7) is 2.33. The molecule has 0 bridgehead atoms. The zero-order chi connectivity index (χ0) is 12.7. The Labute approximate surface area is 103 Å². The minimum absolute atomic E-state index is 0.444. The van der Waals surface area contributed by atoms with Crippen molar-refractivity contribution < 1.29 is 9.59 Å². The van der Waals surface area contributed by atoms with E-state index in [-0.39, 0.29) is 0 Å². The van der Waals surface area contributed by atoms with Crippen LogP contribution in [0.5, 0.6) is 0 Å². The van der Waals surface area contributed by atoms with Crippen molar-refractivity contribution in [2.75, 3.05) is 20.1 Å². The van der Waals surface area contributed by atoms with Crippen LogP contribution in [-0.2, 0) is 9.59 Å². The van der Waals surface area contributed by atoms with E-state index in [1.807, 2.05) is 0 Å². The second-order valence-electron chi connectivity index (χ2n) is 4.92. The van der Waals surface area contributed by atoms with Crippen molar-refractivity contribution in [3.8, 4) is 0 Å². The summed E-state index contributed by atoms with van der Waals surface area (Å²) in [7, 11) is 2.15. The molecule has 98 valence electrons. The molecule has 1 saturated heterocycles. The number of carbonyl (C=O) groups excluding carboxylic acids is 2. The van der Waals surface area contributed by atoms with Crippen LogP contribution in [0.3, 0.4) is 0 Å². The molecule has 0 aliphatic carbocycles. The molecule has 0 saturated carbocycles.